The number of carbonyl (C=O) groups is 1. The van der Waals surface area contributed by atoms with Crippen molar-refractivity contribution in [2.75, 3.05) is 25.1 Å². The van der Waals surface area contributed by atoms with Gasteiger partial charge in [-0.25, -0.2) is 9.78 Å². The first-order valence-electron chi connectivity index (χ1n) is 4.69. The summed E-state index contributed by atoms with van der Waals surface area (Å²) in [5, 5.41) is 11.2. The van der Waals surface area contributed by atoms with Crippen molar-refractivity contribution >= 4 is 11.8 Å². The number of hydrogen-bond acceptors (Lipinski definition) is 5. The Morgan fingerprint density at radius 3 is 3.06 bits per heavy atom. The Hall–Kier alpha value is -1.89. The summed E-state index contributed by atoms with van der Waals surface area (Å²) in [6.07, 6.45) is 0. The van der Waals surface area contributed by atoms with Crippen LogP contribution in [0.1, 0.15) is 5.82 Å². The van der Waals surface area contributed by atoms with Gasteiger partial charge in [0.1, 0.15) is 18.2 Å². The zero-order valence-electron chi connectivity index (χ0n) is 8.82. The van der Waals surface area contributed by atoms with Gasteiger partial charge in [0.05, 0.1) is 6.61 Å². The monoisotopic (exact) mass is 227 g/mol. The van der Waals surface area contributed by atoms with E-state index in [1.807, 2.05) is 0 Å². The Labute approximate surface area is 91.5 Å². The van der Waals surface area contributed by atoms with E-state index in [4.69, 9.17) is 9.84 Å². The van der Waals surface area contributed by atoms with E-state index in [1.54, 1.807) is 6.92 Å². The van der Waals surface area contributed by atoms with E-state index < -0.39 is 5.97 Å². The number of nitrogens with zero attached hydrogens (tertiary/aromatic N) is 1. The molecule has 1 rings (SSSR count). The standard InChI is InChI=1S/C9H13N3O4/c1-6-11-7(4-8(13)12-6)10-2-3-16-5-9(14)15/h4H,2-3,5H2,1H3,(H,14,15)(H2,10,11,12,13). The molecule has 0 unspecified atom stereocenters. The second kappa shape index (κ2) is 5.86. The molecular formula is C9H13N3O4. The lowest BCUT2D eigenvalue weighted by Crippen LogP contribution is -2.17. The van der Waals surface area contributed by atoms with Crippen molar-refractivity contribution in [2.24, 2.45) is 0 Å². The van der Waals surface area contributed by atoms with E-state index in [-0.39, 0.29) is 18.8 Å². The number of aromatic nitrogens is 2. The van der Waals surface area contributed by atoms with Crippen molar-refractivity contribution in [2.45, 2.75) is 6.92 Å². The fourth-order valence-electron chi connectivity index (χ4n) is 1.08. The topological polar surface area (TPSA) is 104 Å². The molecular weight excluding hydrogens is 214 g/mol. The lowest BCUT2D eigenvalue weighted by Gasteiger charge is -2.05. The lowest BCUT2D eigenvalue weighted by molar-refractivity contribution is -0.142. The van der Waals surface area contributed by atoms with Crippen molar-refractivity contribution in [3.05, 3.63) is 22.2 Å². The van der Waals surface area contributed by atoms with Crippen molar-refractivity contribution < 1.29 is 14.6 Å². The molecule has 1 heterocycles. The first kappa shape index (κ1) is 12.2. The van der Waals surface area contributed by atoms with Gasteiger partial charge in [-0.15, -0.1) is 0 Å². The van der Waals surface area contributed by atoms with Crippen LogP contribution in [0.25, 0.3) is 0 Å². The lowest BCUT2D eigenvalue weighted by atomic mass is 10.5. The maximum Gasteiger partial charge on any atom is 0.329 e. The van der Waals surface area contributed by atoms with E-state index in [9.17, 15) is 9.59 Å². The first-order chi connectivity index (χ1) is 7.58. The predicted octanol–water partition coefficient (Wildman–Crippen LogP) is -0.409. The fourth-order valence-corrected chi connectivity index (χ4v) is 1.08. The summed E-state index contributed by atoms with van der Waals surface area (Å²) in [6, 6.07) is 1.32. The number of aliphatic carboxylic acids is 1. The zero-order chi connectivity index (χ0) is 12.0. The van der Waals surface area contributed by atoms with E-state index in [0.29, 0.717) is 18.2 Å². The largest absolute Gasteiger partial charge is 0.480 e. The minimum Gasteiger partial charge on any atom is -0.480 e. The molecule has 88 valence electrons. The minimum atomic E-state index is -1.01. The molecule has 1 aromatic rings. The van der Waals surface area contributed by atoms with Crippen molar-refractivity contribution in [1.29, 1.82) is 0 Å². The van der Waals surface area contributed by atoms with Gasteiger partial charge in [-0.1, -0.05) is 0 Å². The summed E-state index contributed by atoms with van der Waals surface area (Å²) in [7, 11) is 0. The Morgan fingerprint density at radius 1 is 1.69 bits per heavy atom. The number of aromatic amines is 1. The molecule has 16 heavy (non-hydrogen) atoms. The van der Waals surface area contributed by atoms with Gasteiger partial charge in [0, 0.05) is 12.6 Å². The summed E-state index contributed by atoms with van der Waals surface area (Å²) in [5.74, 6) is -0.0493. The van der Waals surface area contributed by atoms with Crippen LogP contribution in [0.2, 0.25) is 0 Å². The number of aryl methyl sites for hydroxylation is 1. The number of carboxylic acids is 1. The van der Waals surface area contributed by atoms with Crippen LogP contribution in [-0.4, -0.2) is 40.8 Å². The van der Waals surface area contributed by atoms with Gasteiger partial charge in [0.2, 0.25) is 0 Å². The van der Waals surface area contributed by atoms with E-state index in [2.05, 4.69) is 15.3 Å². The van der Waals surface area contributed by atoms with Gasteiger partial charge in [0.25, 0.3) is 5.56 Å². The number of H-pyrrole nitrogens is 1. The van der Waals surface area contributed by atoms with Crippen molar-refractivity contribution in [1.82, 2.24) is 9.97 Å². The molecule has 0 radical (unpaired) electrons. The van der Waals surface area contributed by atoms with Gasteiger partial charge in [-0.05, 0) is 6.92 Å². The van der Waals surface area contributed by atoms with Crippen LogP contribution in [0.4, 0.5) is 5.82 Å². The highest BCUT2D eigenvalue weighted by Gasteiger charge is 1.98. The molecule has 3 N–H and O–H groups in total. The molecule has 0 amide bonds. The maximum atomic E-state index is 11.0. The highest BCUT2D eigenvalue weighted by molar-refractivity contribution is 5.67. The van der Waals surface area contributed by atoms with Crippen LogP contribution in [0, 0.1) is 6.92 Å². The van der Waals surface area contributed by atoms with Gasteiger partial charge in [-0.3, -0.25) is 4.79 Å². The molecule has 7 nitrogen and oxygen atoms in total. The summed E-state index contributed by atoms with van der Waals surface area (Å²) < 4.78 is 4.80. The third-order valence-corrected chi connectivity index (χ3v) is 1.64. The molecule has 0 bridgehead atoms. The molecule has 0 fully saturated rings. The third-order valence-electron chi connectivity index (χ3n) is 1.64. The zero-order valence-corrected chi connectivity index (χ0v) is 8.82. The summed E-state index contributed by atoms with van der Waals surface area (Å²) >= 11 is 0. The fraction of sp³-hybridized carbons (Fsp3) is 0.444. The number of ether oxygens (including phenoxy) is 1. The van der Waals surface area contributed by atoms with E-state index in [0.717, 1.165) is 0 Å². The molecule has 0 saturated heterocycles. The number of rotatable bonds is 6. The Kier molecular flexibility index (Phi) is 4.46. The van der Waals surface area contributed by atoms with Crippen LogP contribution >= 0.6 is 0 Å². The Bertz CT molecular complexity index is 415. The first-order valence-corrected chi connectivity index (χ1v) is 4.69. The SMILES string of the molecule is Cc1nc(NCCOCC(=O)O)cc(=O)[nH]1. The average Bonchev–Trinajstić information content (AvgIpc) is 2.15. The van der Waals surface area contributed by atoms with Gasteiger partial charge >= 0.3 is 5.97 Å². The molecule has 1 aromatic heterocycles. The van der Waals surface area contributed by atoms with Crippen LogP contribution in [-0.2, 0) is 9.53 Å². The average molecular weight is 227 g/mol. The van der Waals surface area contributed by atoms with Crippen LogP contribution in [0.3, 0.4) is 0 Å². The molecule has 7 heteroatoms. The van der Waals surface area contributed by atoms with Crippen molar-refractivity contribution in [3.63, 3.8) is 0 Å². The van der Waals surface area contributed by atoms with Crippen LogP contribution in [0.15, 0.2) is 10.9 Å². The highest BCUT2D eigenvalue weighted by atomic mass is 16.5. The smallest absolute Gasteiger partial charge is 0.329 e. The summed E-state index contributed by atoms with van der Waals surface area (Å²) in [5.41, 5.74) is -0.235. The van der Waals surface area contributed by atoms with Crippen molar-refractivity contribution in [3.8, 4) is 0 Å². The molecule has 0 saturated carbocycles. The molecule has 0 aliphatic rings. The second-order valence-corrected chi connectivity index (χ2v) is 3.09. The number of carboxylic acid groups (broad SMARTS) is 1. The number of anilines is 1. The predicted molar refractivity (Wildman–Crippen MR) is 56.5 cm³/mol. The molecule has 0 aliphatic carbocycles. The number of nitrogens with one attached hydrogen (secondary N) is 2. The third kappa shape index (κ3) is 4.56. The van der Waals surface area contributed by atoms with Gasteiger partial charge in [-0.2, -0.15) is 0 Å². The maximum absolute atomic E-state index is 11.0. The highest BCUT2D eigenvalue weighted by Crippen LogP contribution is 1.96. The van der Waals surface area contributed by atoms with E-state index >= 15 is 0 Å². The molecule has 0 aliphatic heterocycles. The summed E-state index contributed by atoms with van der Waals surface area (Å²) in [4.78, 5) is 27.7. The molecule has 0 aromatic carbocycles. The van der Waals surface area contributed by atoms with Crippen LogP contribution < -0.4 is 10.9 Å². The Morgan fingerprint density at radius 2 is 2.44 bits per heavy atom. The summed E-state index contributed by atoms with van der Waals surface area (Å²) in [6.45, 7) is 1.97. The molecule has 0 spiro atoms. The normalized spacial score (nSPS) is 10.1. The number of hydrogen-bond donors (Lipinski definition) is 3. The van der Waals surface area contributed by atoms with Crippen LogP contribution in [0.5, 0.6) is 0 Å². The quantitative estimate of drug-likeness (QED) is 0.571. The van der Waals surface area contributed by atoms with Gasteiger partial charge in [0.15, 0.2) is 0 Å². The molecule has 0 atom stereocenters. The van der Waals surface area contributed by atoms with Gasteiger partial charge < -0.3 is 20.1 Å². The second-order valence-electron chi connectivity index (χ2n) is 3.09. The minimum absolute atomic E-state index is 0.235. The van der Waals surface area contributed by atoms with E-state index in [1.165, 1.54) is 6.07 Å². The Balaban J connectivity index is 2.32.